The Morgan fingerprint density at radius 2 is 1.97 bits per heavy atom. The number of carbonyl (C=O) groups is 4. The van der Waals surface area contributed by atoms with Crippen LogP contribution in [-0.4, -0.2) is 46.3 Å². The van der Waals surface area contributed by atoms with E-state index in [0.29, 0.717) is 30.6 Å². The first kappa shape index (κ1) is 20.5. The molecule has 30 heavy (non-hydrogen) atoms. The number of carbonyl (C=O) groups excluding carboxylic acids is 3. The van der Waals surface area contributed by atoms with Crippen LogP contribution in [0, 0.1) is 11.8 Å². The maximum atomic E-state index is 13.4. The number of benzene rings is 1. The van der Waals surface area contributed by atoms with E-state index in [4.69, 9.17) is 5.11 Å². The fraction of sp³-hybridized carbons (Fsp3) is 0.545. The van der Waals surface area contributed by atoms with Crippen molar-refractivity contribution in [3.8, 4) is 0 Å². The van der Waals surface area contributed by atoms with Crippen molar-refractivity contribution in [2.75, 3.05) is 11.9 Å². The highest BCUT2D eigenvalue weighted by Gasteiger charge is 2.70. The van der Waals surface area contributed by atoms with Gasteiger partial charge in [0.2, 0.25) is 17.7 Å². The van der Waals surface area contributed by atoms with Gasteiger partial charge in [-0.05, 0) is 24.8 Å². The van der Waals surface area contributed by atoms with E-state index in [2.05, 4.69) is 10.6 Å². The number of fused-ring (bicyclic) bond motifs is 4. The topological polar surface area (TPSA) is 116 Å². The molecule has 3 amide bonds. The number of unbranched alkanes of at least 4 members (excludes halogenated alkanes) is 1. The van der Waals surface area contributed by atoms with Gasteiger partial charge in [-0.1, -0.05) is 38.5 Å². The van der Waals surface area contributed by atoms with Crippen molar-refractivity contribution >= 4 is 29.4 Å². The lowest BCUT2D eigenvalue weighted by Gasteiger charge is -2.29. The van der Waals surface area contributed by atoms with E-state index in [1.807, 2.05) is 32.0 Å². The summed E-state index contributed by atoms with van der Waals surface area (Å²) in [6.07, 6.45) is 2.28. The van der Waals surface area contributed by atoms with Crippen molar-refractivity contribution in [3.63, 3.8) is 0 Å². The largest absolute Gasteiger partial charge is 0.481 e. The molecule has 1 aromatic rings. The fourth-order valence-corrected chi connectivity index (χ4v) is 5.31. The Kier molecular flexibility index (Phi) is 5.13. The van der Waals surface area contributed by atoms with Crippen LogP contribution in [0.3, 0.4) is 0 Å². The molecule has 3 aliphatic heterocycles. The molecule has 1 aromatic carbocycles. The van der Waals surface area contributed by atoms with Crippen LogP contribution in [0.2, 0.25) is 0 Å². The van der Waals surface area contributed by atoms with Crippen LogP contribution in [0.25, 0.3) is 0 Å². The summed E-state index contributed by atoms with van der Waals surface area (Å²) in [5, 5.41) is 15.4. The number of nitrogens with zero attached hydrogens (tertiary/aromatic N) is 1. The number of para-hydroxylation sites is 1. The zero-order valence-electron chi connectivity index (χ0n) is 17.2. The highest BCUT2D eigenvalue weighted by atomic mass is 16.4. The van der Waals surface area contributed by atoms with Crippen molar-refractivity contribution in [3.05, 3.63) is 29.3 Å². The maximum absolute atomic E-state index is 13.4. The minimum Gasteiger partial charge on any atom is -0.481 e. The van der Waals surface area contributed by atoms with Gasteiger partial charge in [0.1, 0.15) is 5.54 Å². The van der Waals surface area contributed by atoms with Gasteiger partial charge in [-0.15, -0.1) is 0 Å². The summed E-state index contributed by atoms with van der Waals surface area (Å²) >= 11 is 0. The van der Waals surface area contributed by atoms with E-state index in [9.17, 15) is 19.2 Å². The number of hydrogen-bond acceptors (Lipinski definition) is 5. The van der Waals surface area contributed by atoms with E-state index in [1.165, 1.54) is 4.90 Å². The summed E-state index contributed by atoms with van der Waals surface area (Å²) < 4.78 is 0. The number of imide groups is 1. The molecule has 2 fully saturated rings. The Hall–Kier alpha value is -2.74. The van der Waals surface area contributed by atoms with Crippen LogP contribution in [0.5, 0.6) is 0 Å². The molecule has 3 aliphatic rings. The number of anilines is 1. The summed E-state index contributed by atoms with van der Waals surface area (Å²) in [6.45, 7) is 4.30. The van der Waals surface area contributed by atoms with E-state index in [1.54, 1.807) is 0 Å². The molecule has 3 N–H and O–H groups in total. The minimum absolute atomic E-state index is 0.142. The number of amides is 3. The summed E-state index contributed by atoms with van der Waals surface area (Å²) in [5.74, 6) is -3.56. The van der Waals surface area contributed by atoms with Crippen LogP contribution in [0.1, 0.15) is 50.7 Å². The maximum Gasteiger partial charge on any atom is 0.303 e. The van der Waals surface area contributed by atoms with Gasteiger partial charge in [-0.25, -0.2) is 0 Å². The summed E-state index contributed by atoms with van der Waals surface area (Å²) in [6, 6.07) is 5.05. The van der Waals surface area contributed by atoms with Crippen molar-refractivity contribution in [1.29, 1.82) is 0 Å². The molecule has 8 nitrogen and oxygen atoms in total. The lowest BCUT2D eigenvalue weighted by atomic mass is 9.76. The first-order chi connectivity index (χ1) is 14.4. The SMILES string of the molecule is CCCCN1C(=O)[C@@H]2[C@@H](C1=O)[C@@]1(N[C@@H]2CCC(=O)O)C(=O)Nc2c(CC)cccc21. The second-order valence-corrected chi connectivity index (χ2v) is 8.32. The second-order valence-electron chi connectivity index (χ2n) is 8.32. The number of carboxylic acid groups (broad SMARTS) is 1. The predicted molar refractivity (Wildman–Crippen MR) is 109 cm³/mol. The number of aliphatic carboxylic acids is 1. The van der Waals surface area contributed by atoms with Crippen molar-refractivity contribution in [2.24, 2.45) is 11.8 Å². The van der Waals surface area contributed by atoms with Gasteiger partial charge < -0.3 is 10.4 Å². The average molecular weight is 413 g/mol. The van der Waals surface area contributed by atoms with Crippen LogP contribution in [0.4, 0.5) is 5.69 Å². The van der Waals surface area contributed by atoms with Gasteiger partial charge in [0.05, 0.1) is 11.8 Å². The number of likely N-dealkylation sites (tertiary alicyclic amines) is 1. The number of nitrogens with one attached hydrogen (secondary N) is 2. The second kappa shape index (κ2) is 7.50. The van der Waals surface area contributed by atoms with Gasteiger partial charge >= 0.3 is 5.97 Å². The summed E-state index contributed by atoms with van der Waals surface area (Å²) in [4.78, 5) is 52.5. The normalized spacial score (nSPS) is 29.5. The smallest absolute Gasteiger partial charge is 0.303 e. The van der Waals surface area contributed by atoms with Gasteiger partial charge in [0.15, 0.2) is 0 Å². The highest BCUT2D eigenvalue weighted by Crippen LogP contribution is 2.54. The molecule has 0 bridgehead atoms. The Labute approximate surface area is 175 Å². The third-order valence-corrected chi connectivity index (χ3v) is 6.71. The number of hydrogen-bond donors (Lipinski definition) is 3. The van der Waals surface area contributed by atoms with Gasteiger partial charge in [-0.3, -0.25) is 29.4 Å². The summed E-state index contributed by atoms with van der Waals surface area (Å²) in [5.41, 5.74) is 0.993. The van der Waals surface area contributed by atoms with Crippen molar-refractivity contribution < 1.29 is 24.3 Å². The molecule has 0 saturated carbocycles. The quantitative estimate of drug-likeness (QED) is 0.585. The summed E-state index contributed by atoms with van der Waals surface area (Å²) in [7, 11) is 0. The molecule has 2 saturated heterocycles. The average Bonchev–Trinajstić information content (AvgIpc) is 3.30. The number of carboxylic acids is 1. The molecule has 4 rings (SSSR count). The molecular weight excluding hydrogens is 386 g/mol. The van der Waals surface area contributed by atoms with Crippen LogP contribution in [-0.2, 0) is 31.1 Å². The third kappa shape index (κ3) is 2.77. The zero-order chi connectivity index (χ0) is 21.6. The van der Waals surface area contributed by atoms with Crippen molar-refractivity contribution in [2.45, 2.75) is 57.5 Å². The Morgan fingerprint density at radius 1 is 1.20 bits per heavy atom. The molecule has 0 aliphatic carbocycles. The van der Waals surface area contributed by atoms with Crippen LogP contribution in [0.15, 0.2) is 18.2 Å². The Balaban J connectivity index is 1.82. The molecule has 160 valence electrons. The molecule has 0 aromatic heterocycles. The highest BCUT2D eigenvalue weighted by molar-refractivity contribution is 6.15. The van der Waals surface area contributed by atoms with Crippen LogP contribution >= 0.6 is 0 Å². The molecular formula is C22H27N3O5. The monoisotopic (exact) mass is 413 g/mol. The standard InChI is InChI=1S/C22H27N3O5/c1-3-5-11-25-19(28)16-14(9-10-15(26)27)24-22(17(16)20(25)29)13-8-6-7-12(4-2)18(13)23-21(22)30/h6-8,14,16-17,24H,3-5,9-11H2,1-2H3,(H,23,30)(H,26,27)/t14-,16+,17+,22-/m1/s1. The van der Waals surface area contributed by atoms with Gasteiger partial charge in [0.25, 0.3) is 0 Å². The minimum atomic E-state index is -1.35. The lowest BCUT2D eigenvalue weighted by Crippen LogP contribution is -2.53. The van der Waals surface area contributed by atoms with Gasteiger partial charge in [-0.2, -0.15) is 0 Å². The lowest BCUT2D eigenvalue weighted by molar-refractivity contribution is -0.143. The van der Waals surface area contributed by atoms with Crippen molar-refractivity contribution in [1.82, 2.24) is 10.2 Å². The fourth-order valence-electron chi connectivity index (χ4n) is 5.31. The Bertz CT molecular complexity index is 929. The van der Waals surface area contributed by atoms with Crippen LogP contribution < -0.4 is 10.6 Å². The Morgan fingerprint density at radius 3 is 2.63 bits per heavy atom. The van der Waals surface area contributed by atoms with Gasteiger partial charge in [0, 0.05) is 30.3 Å². The van der Waals surface area contributed by atoms with E-state index >= 15 is 0 Å². The third-order valence-electron chi connectivity index (χ3n) is 6.71. The molecule has 8 heteroatoms. The molecule has 0 radical (unpaired) electrons. The molecule has 4 atom stereocenters. The number of aryl methyl sites for hydroxylation is 1. The first-order valence-electron chi connectivity index (χ1n) is 10.6. The zero-order valence-corrected chi connectivity index (χ0v) is 17.2. The first-order valence-corrected chi connectivity index (χ1v) is 10.6. The molecule has 3 heterocycles. The van der Waals surface area contributed by atoms with E-state index in [-0.39, 0.29) is 30.6 Å². The predicted octanol–water partition coefficient (Wildman–Crippen LogP) is 1.63. The molecule has 0 unspecified atom stereocenters. The molecule has 1 spiro atoms. The number of rotatable bonds is 7. The van der Waals surface area contributed by atoms with E-state index < -0.39 is 29.4 Å². The van der Waals surface area contributed by atoms with E-state index in [0.717, 1.165) is 12.0 Å².